The molecule has 130 valence electrons. The number of aryl methyl sites for hydroxylation is 2. The van der Waals surface area contributed by atoms with Gasteiger partial charge in [0.2, 0.25) is 0 Å². The molecular weight excluding hydrogens is 331 g/mol. The van der Waals surface area contributed by atoms with E-state index in [4.69, 9.17) is 0 Å². The monoisotopic (exact) mass is 348 g/mol. The van der Waals surface area contributed by atoms with E-state index < -0.39 is 5.82 Å². The summed E-state index contributed by atoms with van der Waals surface area (Å²) >= 11 is 0. The second-order valence-corrected chi connectivity index (χ2v) is 5.89. The van der Waals surface area contributed by atoms with Crippen molar-refractivity contribution < 1.29 is 4.39 Å². The van der Waals surface area contributed by atoms with Gasteiger partial charge in [-0.2, -0.15) is 5.10 Å². The fraction of sp³-hybridized carbons (Fsp3) is 0.158. The van der Waals surface area contributed by atoms with Gasteiger partial charge in [-0.15, -0.1) is 0 Å². The number of fused-ring (bicyclic) bond motifs is 1. The fourth-order valence-corrected chi connectivity index (χ4v) is 2.87. The van der Waals surface area contributed by atoms with Gasteiger partial charge in [0.1, 0.15) is 16.7 Å². The molecule has 0 aliphatic rings. The molecule has 0 bridgehead atoms. The Bertz CT molecular complexity index is 1090. The number of aromatic nitrogens is 5. The summed E-state index contributed by atoms with van der Waals surface area (Å²) in [5.41, 5.74) is 4.87. The van der Waals surface area contributed by atoms with Crippen molar-refractivity contribution in [2.45, 2.75) is 20.4 Å². The van der Waals surface area contributed by atoms with E-state index in [1.807, 2.05) is 30.7 Å². The third kappa shape index (κ3) is 2.88. The first-order valence-electron chi connectivity index (χ1n) is 8.33. The molecule has 0 aliphatic heterocycles. The van der Waals surface area contributed by atoms with Gasteiger partial charge in [-0.05, 0) is 44.2 Å². The van der Waals surface area contributed by atoms with Crippen molar-refractivity contribution in [3.63, 3.8) is 0 Å². The van der Waals surface area contributed by atoms with Crippen LogP contribution in [-0.2, 0) is 6.54 Å². The van der Waals surface area contributed by atoms with Crippen LogP contribution in [0.5, 0.6) is 0 Å². The summed E-state index contributed by atoms with van der Waals surface area (Å²) in [6.45, 7) is 4.59. The van der Waals surface area contributed by atoms with Crippen LogP contribution in [0.2, 0.25) is 0 Å². The van der Waals surface area contributed by atoms with E-state index in [9.17, 15) is 4.39 Å². The van der Waals surface area contributed by atoms with Crippen LogP contribution in [0, 0.1) is 12.7 Å². The number of anilines is 2. The zero-order valence-electron chi connectivity index (χ0n) is 14.4. The molecule has 0 saturated carbocycles. The van der Waals surface area contributed by atoms with Crippen molar-refractivity contribution in [3.05, 3.63) is 60.4 Å². The number of nitrogens with zero attached hydrogens (tertiary/aromatic N) is 5. The van der Waals surface area contributed by atoms with Crippen molar-refractivity contribution in [1.82, 2.24) is 24.7 Å². The van der Waals surface area contributed by atoms with E-state index >= 15 is 0 Å². The molecule has 0 spiro atoms. The Morgan fingerprint density at radius 2 is 1.96 bits per heavy atom. The Morgan fingerprint density at radius 1 is 1.12 bits per heavy atom. The van der Waals surface area contributed by atoms with Crippen molar-refractivity contribution in [1.29, 1.82) is 0 Å². The van der Waals surface area contributed by atoms with Crippen LogP contribution in [0.25, 0.3) is 22.4 Å². The molecule has 6 nitrogen and oxygen atoms in total. The van der Waals surface area contributed by atoms with Gasteiger partial charge < -0.3 is 5.32 Å². The maximum absolute atomic E-state index is 14.1. The van der Waals surface area contributed by atoms with E-state index in [2.05, 4.69) is 25.4 Å². The molecule has 0 unspecified atom stereocenters. The zero-order chi connectivity index (χ0) is 18.1. The second kappa shape index (κ2) is 6.51. The van der Waals surface area contributed by atoms with Crippen LogP contribution in [0.15, 0.2) is 48.9 Å². The van der Waals surface area contributed by atoms with E-state index in [0.29, 0.717) is 5.69 Å². The Hall–Kier alpha value is -3.35. The predicted molar refractivity (Wildman–Crippen MR) is 98.6 cm³/mol. The lowest BCUT2D eigenvalue weighted by atomic mass is 10.2. The van der Waals surface area contributed by atoms with Gasteiger partial charge >= 0.3 is 0 Å². The van der Waals surface area contributed by atoms with Crippen molar-refractivity contribution in [2.75, 3.05) is 5.32 Å². The standard InChI is InChI=1S/C19H17FN6/c1-3-26-19-15(7-9-22-17(19)11-23-26)25-13-6-8-21-16(10-13)18-14(20)5-4-12(2)24-18/h4-11H,3H2,1-2H3,(H,21,22,25). The highest BCUT2D eigenvalue weighted by Gasteiger charge is 2.11. The van der Waals surface area contributed by atoms with E-state index in [1.165, 1.54) is 6.07 Å². The SMILES string of the molecule is CCn1ncc2nccc(Nc3ccnc(-c4nc(C)ccc4F)c3)c21. The largest absolute Gasteiger partial charge is 0.354 e. The average molecular weight is 348 g/mol. The molecule has 4 aromatic heterocycles. The number of hydrogen-bond donors (Lipinski definition) is 1. The molecule has 0 saturated heterocycles. The lowest BCUT2D eigenvalue weighted by Crippen LogP contribution is -2.01. The summed E-state index contributed by atoms with van der Waals surface area (Å²) in [5, 5.41) is 7.71. The molecule has 4 aromatic rings. The quantitative estimate of drug-likeness (QED) is 0.601. The van der Waals surface area contributed by atoms with E-state index in [1.54, 1.807) is 30.7 Å². The topological polar surface area (TPSA) is 68.5 Å². The Balaban J connectivity index is 1.75. The normalized spacial score (nSPS) is 11.0. The number of nitrogens with one attached hydrogen (secondary N) is 1. The predicted octanol–water partition coefficient (Wildman–Crippen LogP) is 4.10. The second-order valence-electron chi connectivity index (χ2n) is 5.89. The van der Waals surface area contributed by atoms with Crippen LogP contribution < -0.4 is 5.32 Å². The van der Waals surface area contributed by atoms with Gasteiger partial charge in [0.25, 0.3) is 0 Å². The zero-order valence-corrected chi connectivity index (χ0v) is 14.4. The molecule has 26 heavy (non-hydrogen) atoms. The Kier molecular flexibility index (Phi) is 4.04. The van der Waals surface area contributed by atoms with Gasteiger partial charge in [0.15, 0.2) is 5.82 Å². The lowest BCUT2D eigenvalue weighted by Gasteiger charge is -2.11. The molecule has 4 rings (SSSR count). The minimum atomic E-state index is -0.393. The number of halogens is 1. The minimum Gasteiger partial charge on any atom is -0.354 e. The maximum atomic E-state index is 14.1. The third-order valence-electron chi connectivity index (χ3n) is 4.10. The smallest absolute Gasteiger partial charge is 0.151 e. The molecule has 0 aliphatic carbocycles. The van der Waals surface area contributed by atoms with Gasteiger partial charge in [-0.3, -0.25) is 14.6 Å². The number of hydrogen-bond acceptors (Lipinski definition) is 5. The highest BCUT2D eigenvalue weighted by molar-refractivity contribution is 5.89. The minimum absolute atomic E-state index is 0.243. The summed E-state index contributed by atoms with van der Waals surface area (Å²) in [6.07, 6.45) is 5.11. The highest BCUT2D eigenvalue weighted by Crippen LogP contribution is 2.27. The van der Waals surface area contributed by atoms with Crippen LogP contribution in [0.4, 0.5) is 15.8 Å². The summed E-state index contributed by atoms with van der Waals surface area (Å²) in [5.74, 6) is -0.393. The molecule has 0 amide bonds. The summed E-state index contributed by atoms with van der Waals surface area (Å²) in [4.78, 5) is 12.9. The van der Waals surface area contributed by atoms with Crippen LogP contribution in [0.3, 0.4) is 0 Å². The molecule has 0 fully saturated rings. The molecule has 7 heteroatoms. The van der Waals surface area contributed by atoms with E-state index in [0.717, 1.165) is 34.6 Å². The van der Waals surface area contributed by atoms with Crippen LogP contribution >= 0.6 is 0 Å². The van der Waals surface area contributed by atoms with Gasteiger partial charge in [-0.1, -0.05) is 0 Å². The van der Waals surface area contributed by atoms with Crippen molar-refractivity contribution in [2.24, 2.45) is 0 Å². The first-order valence-corrected chi connectivity index (χ1v) is 8.33. The average Bonchev–Trinajstić information content (AvgIpc) is 3.08. The molecule has 1 N–H and O–H groups in total. The molecule has 0 aromatic carbocycles. The van der Waals surface area contributed by atoms with Gasteiger partial charge in [0.05, 0.1) is 17.6 Å². The maximum Gasteiger partial charge on any atom is 0.151 e. The lowest BCUT2D eigenvalue weighted by molar-refractivity contribution is 0.624. The Morgan fingerprint density at radius 3 is 2.81 bits per heavy atom. The van der Waals surface area contributed by atoms with Crippen LogP contribution in [-0.4, -0.2) is 24.7 Å². The molecular formula is C19H17FN6. The fourth-order valence-electron chi connectivity index (χ4n) is 2.87. The summed E-state index contributed by atoms with van der Waals surface area (Å²) in [6, 6.07) is 8.55. The molecule has 4 heterocycles. The summed E-state index contributed by atoms with van der Waals surface area (Å²) in [7, 11) is 0. The van der Waals surface area contributed by atoms with Crippen molar-refractivity contribution >= 4 is 22.4 Å². The van der Waals surface area contributed by atoms with Crippen molar-refractivity contribution in [3.8, 4) is 11.4 Å². The Labute approximate surface area is 149 Å². The molecule has 0 radical (unpaired) electrons. The highest BCUT2D eigenvalue weighted by atomic mass is 19.1. The number of pyridine rings is 3. The van der Waals surface area contributed by atoms with Crippen LogP contribution in [0.1, 0.15) is 12.6 Å². The molecule has 0 atom stereocenters. The van der Waals surface area contributed by atoms with Gasteiger partial charge in [-0.25, -0.2) is 9.37 Å². The first kappa shape index (κ1) is 16.1. The third-order valence-corrected chi connectivity index (χ3v) is 4.10. The first-order chi connectivity index (χ1) is 12.7. The van der Waals surface area contributed by atoms with E-state index in [-0.39, 0.29) is 5.69 Å². The van der Waals surface area contributed by atoms with Gasteiger partial charge in [0, 0.05) is 30.3 Å². The summed E-state index contributed by atoms with van der Waals surface area (Å²) < 4.78 is 16.0. The number of rotatable bonds is 4.